The van der Waals surface area contributed by atoms with Crippen LogP contribution in [0.4, 0.5) is 0 Å². The Morgan fingerprint density at radius 1 is 0.958 bits per heavy atom. The molecule has 0 aliphatic carbocycles. The van der Waals surface area contributed by atoms with Crippen LogP contribution in [-0.4, -0.2) is 10.8 Å². The van der Waals surface area contributed by atoms with Gasteiger partial charge in [-0.1, -0.05) is 23.7 Å². The Kier molecular flexibility index (Phi) is 5.39. The van der Waals surface area contributed by atoms with Crippen molar-refractivity contribution in [1.82, 2.24) is 4.90 Å². The first-order chi connectivity index (χ1) is 11.7. The Bertz CT molecular complexity index is 730. The first kappa shape index (κ1) is 16.4. The van der Waals surface area contributed by atoms with E-state index in [1.807, 2.05) is 48.5 Å². The van der Waals surface area contributed by atoms with Gasteiger partial charge in [0, 0.05) is 11.4 Å². The molecule has 0 radical (unpaired) electrons. The molecule has 0 saturated heterocycles. The Labute approximate surface area is 145 Å². The molecule has 1 aromatic carbocycles. The van der Waals surface area contributed by atoms with Gasteiger partial charge in [0.05, 0.1) is 25.6 Å². The van der Waals surface area contributed by atoms with Gasteiger partial charge in [0.15, 0.2) is 0 Å². The molecule has 2 heterocycles. The van der Waals surface area contributed by atoms with Crippen LogP contribution in [0, 0.1) is 0 Å². The monoisotopic (exact) mass is 343 g/mol. The molecule has 0 aliphatic heterocycles. The van der Waals surface area contributed by atoms with Gasteiger partial charge in [-0.2, -0.15) is 0 Å². The fourth-order valence-corrected chi connectivity index (χ4v) is 2.73. The highest BCUT2D eigenvalue weighted by Gasteiger charge is 2.17. The number of carbonyl (C=O) groups is 1. The standard InChI is InChI=1S/C19H18ClNO3/c20-16-5-1-4-15(12-16)8-9-19(22)21(13-17-6-2-10-23-17)14-18-7-3-11-24-18/h1-7,10-12H,8-9,13-14H2. The molecule has 0 fully saturated rings. The van der Waals surface area contributed by atoms with E-state index in [-0.39, 0.29) is 5.91 Å². The predicted octanol–water partition coefficient (Wildman–Crippen LogP) is 4.69. The molecule has 1 amide bonds. The molecule has 0 N–H and O–H groups in total. The van der Waals surface area contributed by atoms with Crippen LogP contribution >= 0.6 is 11.6 Å². The Balaban J connectivity index is 1.65. The highest BCUT2D eigenvalue weighted by Crippen LogP contribution is 2.16. The SMILES string of the molecule is O=C(CCc1cccc(Cl)c1)N(Cc1ccco1)Cc1ccco1. The van der Waals surface area contributed by atoms with Gasteiger partial charge in [0.1, 0.15) is 11.5 Å². The summed E-state index contributed by atoms with van der Waals surface area (Å²) in [5, 5.41) is 0.683. The van der Waals surface area contributed by atoms with Crippen molar-refractivity contribution in [2.75, 3.05) is 0 Å². The third-order valence-corrected chi connectivity index (χ3v) is 3.96. The lowest BCUT2D eigenvalue weighted by Gasteiger charge is -2.20. The van der Waals surface area contributed by atoms with E-state index in [1.54, 1.807) is 17.4 Å². The van der Waals surface area contributed by atoms with Crippen LogP contribution in [0.3, 0.4) is 0 Å². The zero-order valence-corrected chi connectivity index (χ0v) is 13.9. The summed E-state index contributed by atoms with van der Waals surface area (Å²) in [6.07, 6.45) is 4.27. The van der Waals surface area contributed by atoms with Gasteiger partial charge in [-0.25, -0.2) is 0 Å². The maximum atomic E-state index is 12.7. The van der Waals surface area contributed by atoms with Crippen molar-refractivity contribution >= 4 is 17.5 Å². The van der Waals surface area contributed by atoms with E-state index in [2.05, 4.69) is 0 Å². The quantitative estimate of drug-likeness (QED) is 0.625. The molecule has 5 heteroatoms. The summed E-state index contributed by atoms with van der Waals surface area (Å²) in [4.78, 5) is 14.4. The van der Waals surface area contributed by atoms with Gasteiger partial charge in [-0.3, -0.25) is 4.79 Å². The number of hydrogen-bond donors (Lipinski definition) is 0. The van der Waals surface area contributed by atoms with E-state index in [1.165, 1.54) is 0 Å². The largest absolute Gasteiger partial charge is 0.467 e. The van der Waals surface area contributed by atoms with Crippen LogP contribution < -0.4 is 0 Å². The second-order valence-electron chi connectivity index (χ2n) is 5.54. The van der Waals surface area contributed by atoms with Crippen LogP contribution in [0.25, 0.3) is 0 Å². The van der Waals surface area contributed by atoms with Gasteiger partial charge in [0.2, 0.25) is 5.91 Å². The second-order valence-corrected chi connectivity index (χ2v) is 5.97. The number of amides is 1. The molecule has 24 heavy (non-hydrogen) atoms. The van der Waals surface area contributed by atoms with E-state index in [0.717, 1.165) is 17.1 Å². The average Bonchev–Trinajstić information content (AvgIpc) is 3.26. The predicted molar refractivity (Wildman–Crippen MR) is 91.4 cm³/mol. The van der Waals surface area contributed by atoms with Crippen LogP contribution in [0.15, 0.2) is 69.9 Å². The topological polar surface area (TPSA) is 46.6 Å². The van der Waals surface area contributed by atoms with Crippen molar-refractivity contribution < 1.29 is 13.6 Å². The van der Waals surface area contributed by atoms with Crippen molar-refractivity contribution in [3.05, 3.63) is 83.2 Å². The third-order valence-electron chi connectivity index (χ3n) is 3.72. The highest BCUT2D eigenvalue weighted by atomic mass is 35.5. The summed E-state index contributed by atoms with van der Waals surface area (Å²) < 4.78 is 10.7. The fraction of sp³-hybridized carbons (Fsp3) is 0.211. The van der Waals surface area contributed by atoms with Crippen LogP contribution in [0.1, 0.15) is 23.5 Å². The van der Waals surface area contributed by atoms with E-state index >= 15 is 0 Å². The van der Waals surface area contributed by atoms with Gasteiger partial charge >= 0.3 is 0 Å². The molecule has 0 saturated carbocycles. The summed E-state index contributed by atoms with van der Waals surface area (Å²) in [7, 11) is 0. The molecule has 0 aliphatic rings. The van der Waals surface area contributed by atoms with Crippen molar-refractivity contribution in [3.63, 3.8) is 0 Å². The Hall–Kier alpha value is -2.46. The lowest BCUT2D eigenvalue weighted by molar-refractivity contribution is -0.133. The molecule has 3 rings (SSSR count). The number of carbonyl (C=O) groups excluding carboxylic acids is 1. The normalized spacial score (nSPS) is 10.7. The minimum absolute atomic E-state index is 0.0442. The molecule has 3 aromatic rings. The van der Waals surface area contributed by atoms with E-state index < -0.39 is 0 Å². The smallest absolute Gasteiger partial charge is 0.223 e. The number of halogens is 1. The van der Waals surface area contributed by atoms with Gasteiger partial charge in [0.25, 0.3) is 0 Å². The summed E-state index contributed by atoms with van der Waals surface area (Å²) >= 11 is 5.99. The van der Waals surface area contributed by atoms with E-state index in [0.29, 0.717) is 31.0 Å². The van der Waals surface area contributed by atoms with Gasteiger partial charge in [-0.05, 0) is 48.4 Å². The first-order valence-corrected chi connectivity index (χ1v) is 8.15. The maximum Gasteiger partial charge on any atom is 0.223 e. The van der Waals surface area contributed by atoms with Crippen molar-refractivity contribution in [1.29, 1.82) is 0 Å². The molecular weight excluding hydrogens is 326 g/mol. The Morgan fingerprint density at radius 2 is 1.62 bits per heavy atom. The minimum atomic E-state index is 0.0442. The summed E-state index contributed by atoms with van der Waals surface area (Å²) in [5.41, 5.74) is 1.05. The molecule has 124 valence electrons. The number of hydrogen-bond acceptors (Lipinski definition) is 3. The molecule has 4 nitrogen and oxygen atoms in total. The number of aryl methyl sites for hydroxylation is 1. The number of benzene rings is 1. The second kappa shape index (κ2) is 7.88. The van der Waals surface area contributed by atoms with Gasteiger partial charge in [-0.15, -0.1) is 0 Å². The Morgan fingerprint density at radius 3 is 2.17 bits per heavy atom. The summed E-state index contributed by atoms with van der Waals surface area (Å²) in [6.45, 7) is 0.837. The summed E-state index contributed by atoms with van der Waals surface area (Å²) in [6, 6.07) is 14.9. The number of rotatable bonds is 7. The number of furan rings is 2. The van der Waals surface area contributed by atoms with Crippen LogP contribution in [-0.2, 0) is 24.3 Å². The average molecular weight is 344 g/mol. The molecule has 0 bridgehead atoms. The van der Waals surface area contributed by atoms with Crippen molar-refractivity contribution in [3.8, 4) is 0 Å². The van der Waals surface area contributed by atoms with Crippen LogP contribution in [0.5, 0.6) is 0 Å². The molecule has 0 spiro atoms. The number of nitrogens with zero attached hydrogens (tertiary/aromatic N) is 1. The maximum absolute atomic E-state index is 12.7. The summed E-state index contributed by atoms with van der Waals surface area (Å²) in [5.74, 6) is 1.54. The minimum Gasteiger partial charge on any atom is -0.467 e. The third kappa shape index (κ3) is 4.52. The zero-order chi connectivity index (χ0) is 16.8. The van der Waals surface area contributed by atoms with E-state index in [9.17, 15) is 4.79 Å². The molecule has 0 atom stereocenters. The fourth-order valence-electron chi connectivity index (χ4n) is 2.52. The van der Waals surface area contributed by atoms with Gasteiger partial charge < -0.3 is 13.7 Å². The van der Waals surface area contributed by atoms with Crippen molar-refractivity contribution in [2.45, 2.75) is 25.9 Å². The first-order valence-electron chi connectivity index (χ1n) is 7.78. The highest BCUT2D eigenvalue weighted by molar-refractivity contribution is 6.30. The molecule has 2 aromatic heterocycles. The zero-order valence-electron chi connectivity index (χ0n) is 13.2. The van der Waals surface area contributed by atoms with Crippen molar-refractivity contribution in [2.24, 2.45) is 0 Å². The van der Waals surface area contributed by atoms with Crippen LogP contribution in [0.2, 0.25) is 5.02 Å². The lowest BCUT2D eigenvalue weighted by Crippen LogP contribution is -2.30. The van der Waals surface area contributed by atoms with E-state index in [4.69, 9.17) is 20.4 Å². The molecule has 0 unspecified atom stereocenters. The molecular formula is C19H18ClNO3. The lowest BCUT2D eigenvalue weighted by atomic mass is 10.1.